The number of benzene rings is 1. The van der Waals surface area contributed by atoms with Gasteiger partial charge in [0.1, 0.15) is 0 Å². The van der Waals surface area contributed by atoms with E-state index in [1.165, 1.54) is 24.3 Å². The minimum absolute atomic E-state index is 0.000926. The highest BCUT2D eigenvalue weighted by Gasteiger charge is 2.26. The first-order valence-electron chi connectivity index (χ1n) is 5.99. The third-order valence-electron chi connectivity index (χ3n) is 3.09. The Morgan fingerprint density at radius 2 is 1.40 bits per heavy atom. The molecule has 8 heteroatoms. The molecule has 20 heavy (non-hydrogen) atoms. The van der Waals surface area contributed by atoms with Gasteiger partial charge >= 0.3 is 0 Å². The molecule has 1 aromatic rings. The van der Waals surface area contributed by atoms with Gasteiger partial charge in [0.15, 0.2) is 0 Å². The van der Waals surface area contributed by atoms with Crippen LogP contribution in [-0.4, -0.2) is 22.9 Å². The summed E-state index contributed by atoms with van der Waals surface area (Å²) in [5.41, 5.74) is -0.229. The van der Waals surface area contributed by atoms with Gasteiger partial charge in [-0.05, 0) is 36.6 Å². The molecule has 6 nitrogen and oxygen atoms in total. The quantitative estimate of drug-likeness (QED) is 0.864. The smallest absolute Gasteiger partial charge is 0.225 e. The summed E-state index contributed by atoms with van der Waals surface area (Å²) in [5, 5.41) is 4.96. The maximum Gasteiger partial charge on any atom is 0.240 e. The molecule has 0 bridgehead atoms. The van der Waals surface area contributed by atoms with Crippen LogP contribution in [0.1, 0.15) is 27.7 Å². The molecule has 0 fully saturated rings. The van der Waals surface area contributed by atoms with Gasteiger partial charge in [-0.1, -0.05) is 20.8 Å². The maximum atomic E-state index is 12.2. The molecular formula is C12H20N2O4S2. The van der Waals surface area contributed by atoms with Crippen molar-refractivity contribution >= 4 is 20.0 Å². The predicted molar refractivity (Wildman–Crippen MR) is 77.1 cm³/mol. The Labute approximate surface area is 120 Å². The standard InChI is InChI=1S/C12H20N2O4S2/c1-9(12(2,3)4)14-20(17,18)11-7-5-10(6-8-11)19(13,15)16/h5-9,14H,1-4H3,(H2,13,15,16). The lowest BCUT2D eigenvalue weighted by Gasteiger charge is -2.27. The Bertz CT molecular complexity index is 671. The topological polar surface area (TPSA) is 106 Å². The molecule has 0 radical (unpaired) electrons. The van der Waals surface area contributed by atoms with E-state index in [0.29, 0.717) is 0 Å². The highest BCUT2D eigenvalue weighted by atomic mass is 32.2. The van der Waals surface area contributed by atoms with Gasteiger partial charge in [-0.25, -0.2) is 26.7 Å². The van der Waals surface area contributed by atoms with E-state index in [9.17, 15) is 16.8 Å². The van der Waals surface area contributed by atoms with Crippen LogP contribution in [-0.2, 0) is 20.0 Å². The Balaban J connectivity index is 3.06. The SMILES string of the molecule is CC(NS(=O)(=O)c1ccc(S(N)(=O)=O)cc1)C(C)(C)C. The van der Waals surface area contributed by atoms with Gasteiger partial charge in [0.05, 0.1) is 9.79 Å². The molecule has 0 spiro atoms. The van der Waals surface area contributed by atoms with Crippen LogP contribution in [0, 0.1) is 5.41 Å². The third-order valence-corrected chi connectivity index (χ3v) is 5.58. The van der Waals surface area contributed by atoms with E-state index < -0.39 is 20.0 Å². The molecule has 0 aliphatic heterocycles. The van der Waals surface area contributed by atoms with Crippen molar-refractivity contribution in [2.75, 3.05) is 0 Å². The molecule has 1 atom stereocenters. The van der Waals surface area contributed by atoms with Crippen LogP contribution in [0.4, 0.5) is 0 Å². The minimum Gasteiger partial charge on any atom is -0.225 e. The monoisotopic (exact) mass is 320 g/mol. The van der Waals surface area contributed by atoms with Gasteiger partial charge in [-0.3, -0.25) is 0 Å². The van der Waals surface area contributed by atoms with Gasteiger partial charge in [-0.2, -0.15) is 0 Å². The average Bonchev–Trinajstić information content (AvgIpc) is 2.26. The molecule has 0 aliphatic carbocycles. The largest absolute Gasteiger partial charge is 0.240 e. The molecule has 114 valence electrons. The highest BCUT2D eigenvalue weighted by Crippen LogP contribution is 2.21. The van der Waals surface area contributed by atoms with Crippen molar-refractivity contribution in [3.8, 4) is 0 Å². The Kier molecular flexibility index (Phi) is 4.65. The van der Waals surface area contributed by atoms with E-state index >= 15 is 0 Å². The van der Waals surface area contributed by atoms with E-state index in [1.54, 1.807) is 6.92 Å². The summed E-state index contributed by atoms with van der Waals surface area (Å²) in [7, 11) is -7.52. The Morgan fingerprint density at radius 3 is 1.75 bits per heavy atom. The van der Waals surface area contributed by atoms with E-state index in [-0.39, 0.29) is 21.2 Å². The summed E-state index contributed by atoms with van der Waals surface area (Å²) < 4.78 is 49.1. The van der Waals surface area contributed by atoms with Gasteiger partial charge in [-0.15, -0.1) is 0 Å². The third kappa shape index (κ3) is 4.27. The van der Waals surface area contributed by atoms with Crippen molar-refractivity contribution in [2.24, 2.45) is 10.6 Å². The fourth-order valence-corrected chi connectivity index (χ4v) is 3.25. The van der Waals surface area contributed by atoms with Crippen molar-refractivity contribution in [1.82, 2.24) is 4.72 Å². The van der Waals surface area contributed by atoms with Crippen LogP contribution in [0.15, 0.2) is 34.1 Å². The number of hydrogen-bond donors (Lipinski definition) is 2. The molecule has 0 saturated heterocycles. The lowest BCUT2D eigenvalue weighted by Crippen LogP contribution is -2.41. The van der Waals surface area contributed by atoms with E-state index in [0.717, 1.165) is 0 Å². The lowest BCUT2D eigenvalue weighted by molar-refractivity contribution is 0.317. The number of sulfonamides is 2. The van der Waals surface area contributed by atoms with Crippen molar-refractivity contribution in [2.45, 2.75) is 43.5 Å². The van der Waals surface area contributed by atoms with Gasteiger partial charge in [0, 0.05) is 6.04 Å². The zero-order chi connectivity index (χ0) is 15.8. The first kappa shape index (κ1) is 17.1. The first-order chi connectivity index (χ1) is 8.84. The fourth-order valence-electron chi connectivity index (χ4n) is 1.29. The summed E-state index contributed by atoms with van der Waals surface area (Å²) in [6.45, 7) is 7.54. The second-order valence-electron chi connectivity index (χ2n) is 5.73. The van der Waals surface area contributed by atoms with Crippen LogP contribution in [0.5, 0.6) is 0 Å². The molecule has 3 N–H and O–H groups in total. The van der Waals surface area contributed by atoms with Crippen molar-refractivity contribution in [3.63, 3.8) is 0 Å². The second kappa shape index (κ2) is 5.44. The van der Waals surface area contributed by atoms with Crippen LogP contribution in [0.3, 0.4) is 0 Å². The molecule has 0 aliphatic rings. The molecular weight excluding hydrogens is 300 g/mol. The Morgan fingerprint density at radius 1 is 1.00 bits per heavy atom. The van der Waals surface area contributed by atoms with E-state index in [4.69, 9.17) is 5.14 Å². The van der Waals surface area contributed by atoms with E-state index in [1.807, 2.05) is 20.8 Å². The zero-order valence-corrected chi connectivity index (χ0v) is 13.5. The summed E-state index contributed by atoms with van der Waals surface area (Å²) >= 11 is 0. The van der Waals surface area contributed by atoms with Crippen LogP contribution < -0.4 is 9.86 Å². The van der Waals surface area contributed by atoms with Crippen molar-refractivity contribution in [1.29, 1.82) is 0 Å². The minimum atomic E-state index is -3.83. The molecule has 0 saturated carbocycles. The summed E-state index contributed by atoms with van der Waals surface area (Å²) in [6, 6.07) is 4.51. The lowest BCUT2D eigenvalue weighted by atomic mass is 9.89. The van der Waals surface area contributed by atoms with Crippen LogP contribution in [0.25, 0.3) is 0 Å². The van der Waals surface area contributed by atoms with Crippen molar-refractivity contribution < 1.29 is 16.8 Å². The highest BCUT2D eigenvalue weighted by molar-refractivity contribution is 7.89. The van der Waals surface area contributed by atoms with Gasteiger partial charge < -0.3 is 0 Å². The number of nitrogens with two attached hydrogens (primary N) is 1. The number of rotatable bonds is 4. The maximum absolute atomic E-state index is 12.2. The number of nitrogens with one attached hydrogen (secondary N) is 1. The van der Waals surface area contributed by atoms with Crippen LogP contribution in [0.2, 0.25) is 0 Å². The van der Waals surface area contributed by atoms with Crippen LogP contribution >= 0.6 is 0 Å². The molecule has 1 rings (SSSR count). The van der Waals surface area contributed by atoms with Crippen molar-refractivity contribution in [3.05, 3.63) is 24.3 Å². The molecule has 1 aromatic carbocycles. The second-order valence-corrected chi connectivity index (χ2v) is 9.00. The average molecular weight is 320 g/mol. The number of hydrogen-bond acceptors (Lipinski definition) is 4. The van der Waals surface area contributed by atoms with Gasteiger partial charge in [0.2, 0.25) is 20.0 Å². The molecule has 0 amide bonds. The Hall–Kier alpha value is -0.960. The fraction of sp³-hybridized carbons (Fsp3) is 0.500. The molecule has 1 unspecified atom stereocenters. The normalized spacial score (nSPS) is 15.1. The molecule has 0 aromatic heterocycles. The first-order valence-corrected chi connectivity index (χ1v) is 9.02. The molecule has 0 heterocycles. The zero-order valence-electron chi connectivity index (χ0n) is 11.9. The summed E-state index contributed by atoms with van der Waals surface area (Å²) in [4.78, 5) is -0.124. The van der Waals surface area contributed by atoms with E-state index in [2.05, 4.69) is 4.72 Å². The van der Waals surface area contributed by atoms with Gasteiger partial charge in [0.25, 0.3) is 0 Å². The number of primary sulfonamides is 1. The summed E-state index contributed by atoms with van der Waals surface area (Å²) in [6.07, 6.45) is 0. The predicted octanol–water partition coefficient (Wildman–Crippen LogP) is 1.05. The summed E-state index contributed by atoms with van der Waals surface area (Å²) in [5.74, 6) is 0.